The molecule has 5 heteroatoms. The highest BCUT2D eigenvalue weighted by molar-refractivity contribution is 5.73. The van der Waals surface area contributed by atoms with Crippen LogP contribution in [0.1, 0.15) is 5.69 Å². The molecule has 0 bridgehead atoms. The van der Waals surface area contributed by atoms with Gasteiger partial charge in [-0.05, 0) is 31.6 Å². The first-order chi connectivity index (χ1) is 8.25. The first-order valence-corrected chi connectivity index (χ1v) is 5.40. The van der Waals surface area contributed by atoms with Crippen LogP contribution in [-0.2, 0) is 11.2 Å². The smallest absolute Gasteiger partial charge is 0.321 e. The number of aromatic nitrogens is 2. The lowest BCUT2D eigenvalue weighted by Gasteiger charge is -2.16. The Hall–Kier alpha value is -1.36. The molecule has 0 spiro atoms. The molecule has 5 radical (unpaired) electrons. The molecule has 1 saturated carbocycles. The predicted octanol–water partition coefficient (Wildman–Crippen LogP) is 0.400. The molecular weight excluding hydrogens is 218 g/mol. The van der Waals surface area contributed by atoms with Crippen molar-refractivity contribution in [3.05, 3.63) is 49.8 Å². The van der Waals surface area contributed by atoms with Crippen LogP contribution in [0, 0.1) is 31.6 Å². The summed E-state index contributed by atoms with van der Waals surface area (Å²) >= 11 is 0. The van der Waals surface area contributed by atoms with Crippen molar-refractivity contribution in [2.75, 3.05) is 6.54 Å². The fourth-order valence-electron chi connectivity index (χ4n) is 1.64. The van der Waals surface area contributed by atoms with E-state index in [4.69, 9.17) is 5.11 Å². The molecule has 1 aliphatic carbocycles. The molecule has 1 heterocycles. The van der Waals surface area contributed by atoms with Crippen LogP contribution in [0.5, 0.6) is 0 Å². The summed E-state index contributed by atoms with van der Waals surface area (Å²) in [6.45, 7) is 0.554. The molecule has 1 aromatic rings. The Morgan fingerprint density at radius 1 is 1.47 bits per heavy atom. The fourth-order valence-corrected chi connectivity index (χ4v) is 1.64. The third kappa shape index (κ3) is 3.56. The van der Waals surface area contributed by atoms with Crippen molar-refractivity contribution in [1.82, 2.24) is 15.3 Å². The van der Waals surface area contributed by atoms with E-state index in [1.54, 1.807) is 12.5 Å². The molecule has 2 rings (SSSR count). The minimum Gasteiger partial charge on any atom is -0.480 e. The van der Waals surface area contributed by atoms with Crippen molar-refractivity contribution in [1.29, 1.82) is 0 Å². The number of imidazole rings is 1. The van der Waals surface area contributed by atoms with E-state index < -0.39 is 12.0 Å². The van der Waals surface area contributed by atoms with Gasteiger partial charge in [-0.25, -0.2) is 4.98 Å². The van der Waals surface area contributed by atoms with Crippen LogP contribution in [0.2, 0.25) is 0 Å². The van der Waals surface area contributed by atoms with Crippen LogP contribution in [-0.4, -0.2) is 33.6 Å². The minimum absolute atomic E-state index is 0.399. The number of aliphatic carboxylic acids is 1. The molecule has 0 aliphatic heterocycles. The second kappa shape index (κ2) is 5.82. The number of rotatable bonds is 6. The summed E-state index contributed by atoms with van der Waals surface area (Å²) in [5.41, 5.74) is 0.812. The van der Waals surface area contributed by atoms with Crippen LogP contribution in [0.4, 0.5) is 0 Å². The first-order valence-electron chi connectivity index (χ1n) is 5.40. The van der Waals surface area contributed by atoms with E-state index in [-0.39, 0.29) is 0 Å². The van der Waals surface area contributed by atoms with Gasteiger partial charge >= 0.3 is 5.97 Å². The van der Waals surface area contributed by atoms with Crippen molar-refractivity contribution in [3.8, 4) is 0 Å². The molecule has 1 fully saturated rings. The van der Waals surface area contributed by atoms with Crippen molar-refractivity contribution in [3.63, 3.8) is 0 Å². The number of carboxylic acid groups (broad SMARTS) is 1. The van der Waals surface area contributed by atoms with Gasteiger partial charge in [0.25, 0.3) is 0 Å². The lowest BCUT2D eigenvalue weighted by molar-refractivity contribution is -0.139. The summed E-state index contributed by atoms with van der Waals surface area (Å²) in [6.07, 6.45) is 11.4. The molecule has 1 aliphatic rings. The van der Waals surface area contributed by atoms with Crippen molar-refractivity contribution >= 4 is 5.97 Å². The molecule has 1 aromatic heterocycles. The lowest BCUT2D eigenvalue weighted by atomic mass is 10.1. The number of carboxylic acids is 1. The summed E-state index contributed by atoms with van der Waals surface area (Å²) in [5.74, 6) is 0.229. The van der Waals surface area contributed by atoms with E-state index in [1.165, 1.54) is 0 Å². The van der Waals surface area contributed by atoms with Gasteiger partial charge in [0.05, 0.1) is 6.33 Å². The molecule has 3 N–H and O–H groups in total. The highest BCUT2D eigenvalue weighted by atomic mass is 16.4. The van der Waals surface area contributed by atoms with E-state index in [0.717, 1.165) is 11.6 Å². The summed E-state index contributed by atoms with van der Waals surface area (Å²) in [6, 6.07) is -0.606. The number of nitrogens with zero attached hydrogens (tertiary/aromatic N) is 1. The van der Waals surface area contributed by atoms with Gasteiger partial charge in [0.2, 0.25) is 0 Å². The van der Waals surface area contributed by atoms with Crippen LogP contribution >= 0.6 is 0 Å². The van der Waals surface area contributed by atoms with Gasteiger partial charge < -0.3 is 15.4 Å². The second-order valence-electron chi connectivity index (χ2n) is 3.85. The van der Waals surface area contributed by atoms with Crippen LogP contribution in [0.3, 0.4) is 0 Å². The monoisotopic (exact) mass is 232 g/mol. The van der Waals surface area contributed by atoms with Crippen LogP contribution in [0.25, 0.3) is 0 Å². The highest BCUT2D eigenvalue weighted by Crippen LogP contribution is 2.21. The van der Waals surface area contributed by atoms with Gasteiger partial charge in [-0.3, -0.25) is 4.79 Å². The average Bonchev–Trinajstić information content (AvgIpc) is 2.97. The molecule has 89 valence electrons. The Balaban J connectivity index is 1.82. The summed E-state index contributed by atoms with van der Waals surface area (Å²) < 4.78 is 0. The lowest BCUT2D eigenvalue weighted by Crippen LogP contribution is -2.40. The van der Waals surface area contributed by atoms with Crippen LogP contribution in [0.15, 0.2) is 12.5 Å². The van der Waals surface area contributed by atoms with E-state index in [9.17, 15) is 4.79 Å². The molecule has 0 saturated heterocycles. The SMILES string of the molecule is O=C(O)[C@H](Cc1cnc[nH]1)NC[C]1[CH][CH][CH][CH]1. The number of H-pyrrole nitrogens is 1. The van der Waals surface area contributed by atoms with Crippen molar-refractivity contribution in [2.24, 2.45) is 0 Å². The number of hydrogen-bond donors (Lipinski definition) is 3. The quantitative estimate of drug-likeness (QED) is 0.663. The standard InChI is InChI=1S/C12H14N3O2/c16-12(17)11(5-10-7-13-8-15-10)14-6-9-3-1-2-4-9/h1-4,7-8,11,14H,5-6H2,(H,13,15)(H,16,17)/t11-/m0/s1. The van der Waals surface area contributed by atoms with Gasteiger partial charge in [-0.1, -0.05) is 0 Å². The van der Waals surface area contributed by atoms with Crippen molar-refractivity contribution < 1.29 is 9.90 Å². The van der Waals surface area contributed by atoms with Gasteiger partial charge in [0.1, 0.15) is 6.04 Å². The minimum atomic E-state index is -0.855. The Labute approximate surface area is 101 Å². The maximum Gasteiger partial charge on any atom is 0.321 e. The predicted molar refractivity (Wildman–Crippen MR) is 62.2 cm³/mol. The zero-order valence-electron chi connectivity index (χ0n) is 9.26. The third-order valence-corrected chi connectivity index (χ3v) is 2.56. The largest absolute Gasteiger partial charge is 0.480 e. The van der Waals surface area contributed by atoms with Gasteiger partial charge in [0, 0.05) is 24.9 Å². The molecule has 0 unspecified atom stereocenters. The highest BCUT2D eigenvalue weighted by Gasteiger charge is 2.22. The zero-order valence-corrected chi connectivity index (χ0v) is 9.26. The Bertz CT molecular complexity index is 345. The molecule has 17 heavy (non-hydrogen) atoms. The van der Waals surface area contributed by atoms with Gasteiger partial charge in [-0.15, -0.1) is 0 Å². The van der Waals surface area contributed by atoms with Crippen LogP contribution < -0.4 is 5.32 Å². The number of hydrogen-bond acceptors (Lipinski definition) is 3. The fraction of sp³-hybridized carbons (Fsp3) is 0.250. The zero-order chi connectivity index (χ0) is 12.1. The van der Waals surface area contributed by atoms with E-state index in [1.807, 2.05) is 25.7 Å². The third-order valence-electron chi connectivity index (χ3n) is 2.56. The maximum atomic E-state index is 11.1. The Morgan fingerprint density at radius 2 is 2.24 bits per heavy atom. The Kier molecular flexibility index (Phi) is 4.14. The number of carbonyl (C=O) groups is 1. The number of aromatic amines is 1. The second-order valence-corrected chi connectivity index (χ2v) is 3.85. The normalized spacial score (nSPS) is 18.4. The number of nitrogens with one attached hydrogen (secondary N) is 2. The molecule has 1 atom stereocenters. The Morgan fingerprint density at radius 3 is 2.82 bits per heavy atom. The van der Waals surface area contributed by atoms with Gasteiger partial charge in [0.15, 0.2) is 0 Å². The summed E-state index contributed by atoms with van der Waals surface area (Å²) in [4.78, 5) is 17.9. The van der Waals surface area contributed by atoms with E-state index >= 15 is 0 Å². The van der Waals surface area contributed by atoms with Crippen molar-refractivity contribution in [2.45, 2.75) is 12.5 Å². The average molecular weight is 232 g/mol. The maximum absolute atomic E-state index is 11.1. The van der Waals surface area contributed by atoms with E-state index in [0.29, 0.717) is 13.0 Å². The summed E-state index contributed by atoms with van der Waals surface area (Å²) in [5, 5.41) is 12.1. The first kappa shape index (κ1) is 12.1. The topological polar surface area (TPSA) is 78.0 Å². The molecular formula is C12H14N3O2. The van der Waals surface area contributed by atoms with E-state index in [2.05, 4.69) is 15.3 Å². The molecule has 0 aromatic carbocycles. The molecule has 0 amide bonds. The molecule has 5 nitrogen and oxygen atoms in total. The summed E-state index contributed by atoms with van der Waals surface area (Å²) in [7, 11) is 0. The van der Waals surface area contributed by atoms with Gasteiger partial charge in [-0.2, -0.15) is 0 Å².